The summed E-state index contributed by atoms with van der Waals surface area (Å²) in [6.45, 7) is 1.89. The van der Waals surface area contributed by atoms with Crippen LogP contribution in [0, 0.1) is 12.7 Å². The first kappa shape index (κ1) is 14.9. The van der Waals surface area contributed by atoms with Crippen LogP contribution >= 0.6 is 12.4 Å². The lowest BCUT2D eigenvalue weighted by Crippen LogP contribution is -2.34. The molecule has 6 heteroatoms. The standard InChI is InChI=1S/C14H16FN3O.ClH/c1-9-4-5-11(15)10(8-9)12-17-13(18-19-12)14(16)6-2-3-7-14;/h4-5,8H,2-3,6-7,16H2,1H3;1H. The molecule has 0 spiro atoms. The van der Waals surface area contributed by atoms with Crippen LogP contribution in [-0.2, 0) is 5.54 Å². The Morgan fingerprint density at radius 1 is 1.30 bits per heavy atom. The Balaban J connectivity index is 0.00000147. The third-order valence-corrected chi connectivity index (χ3v) is 3.72. The van der Waals surface area contributed by atoms with E-state index in [9.17, 15) is 4.39 Å². The summed E-state index contributed by atoms with van der Waals surface area (Å²) in [5.41, 5.74) is 7.03. The number of hydrogen-bond donors (Lipinski definition) is 1. The molecule has 0 bridgehead atoms. The maximum absolute atomic E-state index is 13.8. The number of aryl methyl sites for hydroxylation is 1. The Labute approximate surface area is 123 Å². The zero-order chi connectivity index (χ0) is 13.5. The monoisotopic (exact) mass is 297 g/mol. The number of hydrogen-bond acceptors (Lipinski definition) is 4. The van der Waals surface area contributed by atoms with Crippen LogP contribution in [0.3, 0.4) is 0 Å². The Hall–Kier alpha value is -1.46. The van der Waals surface area contributed by atoms with Crippen LogP contribution in [0.2, 0.25) is 0 Å². The molecule has 3 rings (SSSR count). The first-order valence-corrected chi connectivity index (χ1v) is 6.48. The number of benzene rings is 1. The third-order valence-electron chi connectivity index (χ3n) is 3.72. The van der Waals surface area contributed by atoms with Crippen LogP contribution in [0.15, 0.2) is 22.7 Å². The molecule has 108 valence electrons. The molecule has 2 N–H and O–H groups in total. The van der Waals surface area contributed by atoms with Crippen molar-refractivity contribution in [3.63, 3.8) is 0 Å². The number of rotatable bonds is 2. The van der Waals surface area contributed by atoms with E-state index < -0.39 is 5.54 Å². The second-order valence-electron chi connectivity index (χ2n) is 5.27. The van der Waals surface area contributed by atoms with E-state index in [0.717, 1.165) is 31.2 Å². The summed E-state index contributed by atoms with van der Waals surface area (Å²) in [5.74, 6) is 0.326. The smallest absolute Gasteiger partial charge is 0.260 e. The van der Waals surface area contributed by atoms with Gasteiger partial charge in [0.1, 0.15) is 5.82 Å². The van der Waals surface area contributed by atoms with E-state index in [1.54, 1.807) is 12.1 Å². The van der Waals surface area contributed by atoms with Gasteiger partial charge in [-0.15, -0.1) is 12.4 Å². The molecule has 1 saturated carbocycles. The minimum absolute atomic E-state index is 0. The van der Waals surface area contributed by atoms with E-state index >= 15 is 0 Å². The highest BCUT2D eigenvalue weighted by Crippen LogP contribution is 2.35. The van der Waals surface area contributed by atoms with Gasteiger partial charge in [0, 0.05) is 0 Å². The van der Waals surface area contributed by atoms with Gasteiger partial charge in [-0.1, -0.05) is 29.6 Å². The van der Waals surface area contributed by atoms with Crippen LogP contribution in [0.5, 0.6) is 0 Å². The van der Waals surface area contributed by atoms with Gasteiger partial charge >= 0.3 is 0 Å². The van der Waals surface area contributed by atoms with Gasteiger partial charge in [-0.25, -0.2) is 4.39 Å². The van der Waals surface area contributed by atoms with Crippen molar-refractivity contribution in [3.05, 3.63) is 35.4 Å². The minimum atomic E-state index is -0.512. The van der Waals surface area contributed by atoms with Crippen LogP contribution in [0.25, 0.3) is 11.5 Å². The Bertz CT molecular complexity index is 608. The summed E-state index contributed by atoms with van der Waals surface area (Å²) >= 11 is 0. The number of aromatic nitrogens is 2. The highest BCUT2D eigenvalue weighted by molar-refractivity contribution is 5.85. The summed E-state index contributed by atoms with van der Waals surface area (Å²) < 4.78 is 19.0. The van der Waals surface area contributed by atoms with Gasteiger partial charge in [0.05, 0.1) is 11.1 Å². The molecule has 1 fully saturated rings. The molecule has 0 unspecified atom stereocenters. The molecule has 0 radical (unpaired) electrons. The SMILES string of the molecule is Cc1ccc(F)c(-c2nc(C3(N)CCCC3)no2)c1.Cl. The maximum atomic E-state index is 13.8. The molecular weight excluding hydrogens is 281 g/mol. The second-order valence-corrected chi connectivity index (χ2v) is 5.27. The second kappa shape index (κ2) is 5.50. The van der Waals surface area contributed by atoms with Gasteiger partial charge in [0.2, 0.25) is 0 Å². The molecule has 2 aromatic rings. The zero-order valence-electron chi connectivity index (χ0n) is 11.2. The molecule has 0 aliphatic heterocycles. The lowest BCUT2D eigenvalue weighted by molar-refractivity contribution is 0.372. The molecule has 4 nitrogen and oxygen atoms in total. The van der Waals surface area contributed by atoms with Gasteiger partial charge in [-0.3, -0.25) is 0 Å². The van der Waals surface area contributed by atoms with Crippen molar-refractivity contribution in [1.29, 1.82) is 0 Å². The van der Waals surface area contributed by atoms with E-state index in [4.69, 9.17) is 10.3 Å². The molecule has 0 saturated heterocycles. The minimum Gasteiger partial charge on any atom is -0.334 e. The van der Waals surface area contributed by atoms with E-state index in [1.807, 2.05) is 6.92 Å². The van der Waals surface area contributed by atoms with Crippen LogP contribution < -0.4 is 5.73 Å². The third kappa shape index (κ3) is 2.55. The molecule has 1 heterocycles. The Morgan fingerprint density at radius 2 is 2.00 bits per heavy atom. The highest BCUT2D eigenvalue weighted by Gasteiger charge is 2.36. The summed E-state index contributed by atoms with van der Waals surface area (Å²) in [5, 5.41) is 3.94. The first-order chi connectivity index (χ1) is 9.08. The molecule has 1 aromatic carbocycles. The van der Waals surface area contributed by atoms with Crippen molar-refractivity contribution < 1.29 is 8.91 Å². The van der Waals surface area contributed by atoms with Gasteiger partial charge in [-0.05, 0) is 31.9 Å². The van der Waals surface area contributed by atoms with Crippen LogP contribution in [0.1, 0.15) is 37.1 Å². The highest BCUT2D eigenvalue weighted by atomic mass is 35.5. The summed E-state index contributed by atoms with van der Waals surface area (Å²) in [4.78, 5) is 4.29. The largest absolute Gasteiger partial charge is 0.334 e. The van der Waals surface area contributed by atoms with Gasteiger partial charge < -0.3 is 10.3 Å². The van der Waals surface area contributed by atoms with E-state index in [1.165, 1.54) is 6.07 Å². The summed E-state index contributed by atoms with van der Waals surface area (Å²) in [7, 11) is 0. The molecule has 0 atom stereocenters. The van der Waals surface area contributed by atoms with Crippen molar-refractivity contribution in [2.24, 2.45) is 5.73 Å². The van der Waals surface area contributed by atoms with Gasteiger partial charge in [-0.2, -0.15) is 4.98 Å². The molecule has 1 aromatic heterocycles. The van der Waals surface area contributed by atoms with Crippen molar-refractivity contribution in [1.82, 2.24) is 10.1 Å². The predicted molar refractivity (Wildman–Crippen MR) is 76.0 cm³/mol. The molecule has 1 aliphatic carbocycles. The van der Waals surface area contributed by atoms with E-state index in [2.05, 4.69) is 10.1 Å². The zero-order valence-corrected chi connectivity index (χ0v) is 12.0. The topological polar surface area (TPSA) is 64.9 Å². The fourth-order valence-electron chi connectivity index (χ4n) is 2.57. The van der Waals surface area contributed by atoms with Gasteiger partial charge in [0.15, 0.2) is 5.82 Å². The van der Waals surface area contributed by atoms with Crippen LogP contribution in [0.4, 0.5) is 4.39 Å². The van der Waals surface area contributed by atoms with Gasteiger partial charge in [0.25, 0.3) is 5.89 Å². The van der Waals surface area contributed by atoms with Crippen molar-refractivity contribution in [2.75, 3.05) is 0 Å². The molecular formula is C14H17ClFN3O. The quantitative estimate of drug-likeness (QED) is 0.923. The summed E-state index contributed by atoms with van der Waals surface area (Å²) in [6, 6.07) is 4.81. The first-order valence-electron chi connectivity index (χ1n) is 6.48. The Morgan fingerprint density at radius 3 is 2.70 bits per heavy atom. The van der Waals surface area contributed by atoms with Crippen molar-refractivity contribution >= 4 is 12.4 Å². The number of nitrogens with zero attached hydrogens (tertiary/aromatic N) is 2. The normalized spacial score (nSPS) is 16.9. The lowest BCUT2D eigenvalue weighted by atomic mass is 9.98. The lowest BCUT2D eigenvalue weighted by Gasteiger charge is -2.17. The average Bonchev–Trinajstić information content (AvgIpc) is 3.02. The maximum Gasteiger partial charge on any atom is 0.260 e. The fourth-order valence-corrected chi connectivity index (χ4v) is 2.57. The number of halogens is 2. The predicted octanol–water partition coefficient (Wildman–Crippen LogP) is 3.33. The van der Waals surface area contributed by atoms with Crippen molar-refractivity contribution in [3.8, 4) is 11.5 Å². The van der Waals surface area contributed by atoms with E-state index in [-0.39, 0.29) is 24.1 Å². The fraction of sp³-hybridized carbons (Fsp3) is 0.429. The number of nitrogens with two attached hydrogens (primary N) is 1. The summed E-state index contributed by atoms with van der Waals surface area (Å²) in [6.07, 6.45) is 3.84. The van der Waals surface area contributed by atoms with Crippen LogP contribution in [-0.4, -0.2) is 10.1 Å². The van der Waals surface area contributed by atoms with E-state index in [0.29, 0.717) is 11.4 Å². The Kier molecular flexibility index (Phi) is 4.11. The molecule has 1 aliphatic rings. The average molecular weight is 298 g/mol. The molecule has 0 amide bonds. The van der Waals surface area contributed by atoms with Crippen molar-refractivity contribution in [2.45, 2.75) is 38.1 Å². The molecule has 20 heavy (non-hydrogen) atoms.